The lowest BCUT2D eigenvalue weighted by Crippen LogP contribution is -2.11. The topological polar surface area (TPSA) is 68.5 Å². The maximum atomic E-state index is 6.02. The van der Waals surface area contributed by atoms with Gasteiger partial charge in [0.1, 0.15) is 12.2 Å². The van der Waals surface area contributed by atoms with Crippen LogP contribution in [0.5, 0.6) is 0 Å². The first kappa shape index (κ1) is 12.8. The molecule has 0 unspecified atom stereocenters. The number of hydrogen-bond acceptors (Lipinski definition) is 5. The van der Waals surface area contributed by atoms with Crippen LogP contribution in [0.1, 0.15) is 17.2 Å². The Balaban J connectivity index is 1.99. The zero-order valence-corrected chi connectivity index (χ0v) is 11.4. The van der Waals surface area contributed by atoms with Crippen molar-refractivity contribution in [1.29, 1.82) is 0 Å². The molecule has 0 fully saturated rings. The summed E-state index contributed by atoms with van der Waals surface area (Å²) in [5.41, 5.74) is 1.72. The first-order valence-corrected chi connectivity index (χ1v) is 6.03. The van der Waals surface area contributed by atoms with E-state index >= 15 is 0 Å². The Morgan fingerprint density at radius 3 is 2.67 bits per heavy atom. The van der Waals surface area contributed by atoms with Crippen molar-refractivity contribution in [3.63, 3.8) is 0 Å². The number of aromatic nitrogens is 5. The molecule has 7 heteroatoms. The molecule has 0 saturated heterocycles. The van der Waals surface area contributed by atoms with Gasteiger partial charge in [0.05, 0.1) is 11.4 Å². The quantitative estimate of drug-likeness (QED) is 0.909. The summed E-state index contributed by atoms with van der Waals surface area (Å²) < 4.78 is 1.88. The third kappa shape index (κ3) is 2.76. The molecule has 0 amide bonds. The third-order valence-corrected chi connectivity index (χ3v) is 2.97. The molecule has 0 atom stereocenters. The lowest BCUT2D eigenvalue weighted by Gasteiger charge is -2.08. The second kappa shape index (κ2) is 5.30. The van der Waals surface area contributed by atoms with Crippen LogP contribution < -0.4 is 5.32 Å². The lowest BCUT2D eigenvalue weighted by atomic mass is 10.3. The second-order valence-electron chi connectivity index (χ2n) is 4.07. The van der Waals surface area contributed by atoms with Gasteiger partial charge in [-0.3, -0.25) is 0 Å². The molecule has 0 aliphatic rings. The fourth-order valence-electron chi connectivity index (χ4n) is 1.51. The molecule has 2 aromatic rings. The fourth-order valence-corrected chi connectivity index (χ4v) is 1.75. The van der Waals surface area contributed by atoms with E-state index in [1.54, 1.807) is 6.33 Å². The smallest absolute Gasteiger partial charge is 0.171 e. The Labute approximate surface area is 110 Å². The molecule has 0 radical (unpaired) electrons. The van der Waals surface area contributed by atoms with E-state index in [4.69, 9.17) is 11.6 Å². The average molecular weight is 267 g/mol. The Bertz CT molecular complexity index is 550. The number of nitrogens with one attached hydrogen (secondary N) is 1. The van der Waals surface area contributed by atoms with Crippen molar-refractivity contribution in [1.82, 2.24) is 24.7 Å². The van der Waals surface area contributed by atoms with Gasteiger partial charge in [-0.05, 0) is 13.8 Å². The molecular weight excluding hydrogens is 252 g/mol. The van der Waals surface area contributed by atoms with Gasteiger partial charge in [-0.2, -0.15) is 0 Å². The number of nitrogens with zero attached hydrogens (tertiary/aromatic N) is 5. The monoisotopic (exact) mass is 266 g/mol. The van der Waals surface area contributed by atoms with E-state index < -0.39 is 0 Å². The van der Waals surface area contributed by atoms with Crippen molar-refractivity contribution in [2.24, 2.45) is 7.05 Å². The van der Waals surface area contributed by atoms with Crippen LogP contribution in [0, 0.1) is 13.8 Å². The number of rotatable bonds is 4. The highest BCUT2D eigenvalue weighted by Gasteiger charge is 2.07. The maximum absolute atomic E-state index is 6.02. The zero-order chi connectivity index (χ0) is 13.1. The van der Waals surface area contributed by atoms with E-state index in [1.807, 2.05) is 25.5 Å². The molecule has 96 valence electrons. The van der Waals surface area contributed by atoms with E-state index in [9.17, 15) is 0 Å². The summed E-state index contributed by atoms with van der Waals surface area (Å²) in [6, 6.07) is 0. The molecule has 0 aliphatic carbocycles. The fraction of sp³-hybridized carbons (Fsp3) is 0.455. The number of aryl methyl sites for hydroxylation is 3. The average Bonchev–Trinajstić information content (AvgIpc) is 2.72. The Morgan fingerprint density at radius 1 is 1.28 bits per heavy atom. The molecule has 0 saturated carbocycles. The molecule has 2 heterocycles. The molecule has 0 aromatic carbocycles. The van der Waals surface area contributed by atoms with Gasteiger partial charge in [0.25, 0.3) is 0 Å². The second-order valence-corrected chi connectivity index (χ2v) is 4.43. The third-order valence-electron chi connectivity index (χ3n) is 2.71. The molecule has 1 N–H and O–H groups in total. The highest BCUT2D eigenvalue weighted by molar-refractivity contribution is 6.31. The van der Waals surface area contributed by atoms with Crippen LogP contribution in [0.25, 0.3) is 0 Å². The Hall–Kier alpha value is -1.69. The highest BCUT2D eigenvalue weighted by Crippen LogP contribution is 2.18. The minimum Gasteiger partial charge on any atom is -0.367 e. The first-order chi connectivity index (χ1) is 8.58. The van der Waals surface area contributed by atoms with Crippen LogP contribution in [-0.2, 0) is 13.5 Å². The van der Waals surface area contributed by atoms with Crippen LogP contribution in [0.4, 0.5) is 5.82 Å². The van der Waals surface area contributed by atoms with Crippen molar-refractivity contribution in [2.75, 3.05) is 11.9 Å². The lowest BCUT2D eigenvalue weighted by molar-refractivity contribution is 0.786. The van der Waals surface area contributed by atoms with Gasteiger partial charge in [-0.1, -0.05) is 11.6 Å². The SMILES string of the molecule is Cc1nc(Cl)c(NCCc2nncn2C)nc1C. The van der Waals surface area contributed by atoms with Gasteiger partial charge in [-0.15, -0.1) is 10.2 Å². The molecule has 0 spiro atoms. The van der Waals surface area contributed by atoms with Crippen LogP contribution in [-0.4, -0.2) is 31.3 Å². The summed E-state index contributed by atoms with van der Waals surface area (Å²) in [6.45, 7) is 4.48. The summed E-state index contributed by atoms with van der Waals surface area (Å²) in [7, 11) is 1.91. The Morgan fingerprint density at radius 2 is 2.00 bits per heavy atom. The van der Waals surface area contributed by atoms with Crippen molar-refractivity contribution in [3.05, 3.63) is 28.7 Å². The van der Waals surface area contributed by atoms with Gasteiger partial charge in [-0.25, -0.2) is 9.97 Å². The number of anilines is 1. The van der Waals surface area contributed by atoms with Gasteiger partial charge >= 0.3 is 0 Å². The summed E-state index contributed by atoms with van der Waals surface area (Å²) in [5.74, 6) is 1.53. The van der Waals surface area contributed by atoms with Crippen molar-refractivity contribution in [2.45, 2.75) is 20.3 Å². The van der Waals surface area contributed by atoms with Gasteiger partial charge in [0, 0.05) is 20.0 Å². The molecule has 2 aromatic heterocycles. The predicted octanol–water partition coefficient (Wildman–Crippen LogP) is 1.53. The van der Waals surface area contributed by atoms with E-state index in [0.29, 0.717) is 17.5 Å². The molecular formula is C11H15ClN6. The van der Waals surface area contributed by atoms with Crippen LogP contribution in [0.15, 0.2) is 6.33 Å². The summed E-state index contributed by atoms with van der Waals surface area (Å²) >= 11 is 6.02. The van der Waals surface area contributed by atoms with E-state index in [2.05, 4.69) is 25.5 Å². The molecule has 6 nitrogen and oxygen atoms in total. The van der Waals surface area contributed by atoms with Gasteiger partial charge < -0.3 is 9.88 Å². The predicted molar refractivity (Wildman–Crippen MR) is 69.7 cm³/mol. The Kier molecular flexibility index (Phi) is 3.76. The molecule has 0 bridgehead atoms. The zero-order valence-electron chi connectivity index (χ0n) is 10.6. The van der Waals surface area contributed by atoms with Crippen molar-refractivity contribution < 1.29 is 0 Å². The number of halogens is 1. The summed E-state index contributed by atoms with van der Waals surface area (Å²) in [4.78, 5) is 8.58. The van der Waals surface area contributed by atoms with Crippen LogP contribution in [0.3, 0.4) is 0 Å². The maximum Gasteiger partial charge on any atom is 0.171 e. The van der Waals surface area contributed by atoms with E-state index in [0.717, 1.165) is 23.6 Å². The van der Waals surface area contributed by atoms with E-state index in [1.165, 1.54) is 0 Å². The van der Waals surface area contributed by atoms with Crippen LogP contribution in [0.2, 0.25) is 5.15 Å². The highest BCUT2D eigenvalue weighted by atomic mass is 35.5. The van der Waals surface area contributed by atoms with E-state index in [-0.39, 0.29) is 0 Å². The van der Waals surface area contributed by atoms with Gasteiger partial charge in [0.2, 0.25) is 0 Å². The molecule has 0 aliphatic heterocycles. The van der Waals surface area contributed by atoms with Gasteiger partial charge in [0.15, 0.2) is 11.0 Å². The first-order valence-electron chi connectivity index (χ1n) is 5.65. The van der Waals surface area contributed by atoms with Crippen molar-refractivity contribution in [3.8, 4) is 0 Å². The largest absolute Gasteiger partial charge is 0.367 e. The molecule has 2 rings (SSSR count). The standard InChI is InChI=1S/C11H15ClN6/c1-7-8(2)16-11(10(12)15-7)13-5-4-9-17-14-6-18(9)3/h6H,4-5H2,1-3H3,(H,13,16). The minimum atomic E-state index is 0.399. The number of hydrogen-bond donors (Lipinski definition) is 1. The normalized spacial score (nSPS) is 10.7. The summed E-state index contributed by atoms with van der Waals surface area (Å²) in [6.07, 6.45) is 2.43. The van der Waals surface area contributed by atoms with Crippen molar-refractivity contribution >= 4 is 17.4 Å². The summed E-state index contributed by atoms with van der Waals surface area (Å²) in [5, 5.41) is 11.4. The molecule has 18 heavy (non-hydrogen) atoms. The minimum absolute atomic E-state index is 0.399. The van der Waals surface area contributed by atoms with Crippen LogP contribution >= 0.6 is 11.6 Å².